The highest BCUT2D eigenvalue weighted by atomic mass is 16.5. The largest absolute Gasteiger partial charge is 0.467 e. The van der Waals surface area contributed by atoms with E-state index < -0.39 is 0 Å². The van der Waals surface area contributed by atoms with Gasteiger partial charge in [-0.15, -0.1) is 0 Å². The third-order valence-corrected chi connectivity index (χ3v) is 2.12. The maximum atomic E-state index is 5.61. The first kappa shape index (κ1) is 18.2. The summed E-state index contributed by atoms with van der Waals surface area (Å²) in [6, 6.07) is 0. The van der Waals surface area contributed by atoms with Crippen molar-refractivity contribution in [3.05, 3.63) is 24.7 Å². The van der Waals surface area contributed by atoms with Crippen molar-refractivity contribution in [1.82, 2.24) is 0 Å². The van der Waals surface area contributed by atoms with Crippen molar-refractivity contribution in [3.8, 4) is 0 Å². The van der Waals surface area contributed by atoms with E-state index in [0.717, 1.165) is 0 Å². The van der Waals surface area contributed by atoms with Gasteiger partial charge in [0.1, 0.15) is 0 Å². The SMILES string of the molecule is C=C(CCOC(C)(C)C)OC(=C)CCOC(C)(C)C. The van der Waals surface area contributed by atoms with Crippen LogP contribution in [0.2, 0.25) is 0 Å². The quantitative estimate of drug-likeness (QED) is 0.610. The smallest absolute Gasteiger partial charge is 0.0987 e. The average Bonchev–Trinajstić information content (AvgIpc) is 2.12. The summed E-state index contributed by atoms with van der Waals surface area (Å²) < 4.78 is 16.8. The molecule has 0 aromatic heterocycles. The van der Waals surface area contributed by atoms with Gasteiger partial charge >= 0.3 is 0 Å². The van der Waals surface area contributed by atoms with Crippen LogP contribution in [0.4, 0.5) is 0 Å². The summed E-state index contributed by atoms with van der Waals surface area (Å²) in [4.78, 5) is 0. The zero-order valence-corrected chi connectivity index (χ0v) is 13.5. The molecule has 3 heteroatoms. The van der Waals surface area contributed by atoms with E-state index in [9.17, 15) is 0 Å². The highest BCUT2D eigenvalue weighted by Gasteiger charge is 2.11. The molecule has 0 saturated carbocycles. The number of rotatable bonds is 8. The fourth-order valence-corrected chi connectivity index (χ4v) is 1.25. The molecule has 0 radical (unpaired) electrons. The normalized spacial score (nSPS) is 12.3. The third kappa shape index (κ3) is 13.4. The number of ether oxygens (including phenoxy) is 3. The molecule has 0 aromatic rings. The summed E-state index contributed by atoms with van der Waals surface area (Å²) in [5.41, 5.74) is -0.254. The van der Waals surface area contributed by atoms with E-state index in [1.54, 1.807) is 0 Å². The molecule has 0 N–H and O–H groups in total. The van der Waals surface area contributed by atoms with Gasteiger partial charge in [0.25, 0.3) is 0 Å². The van der Waals surface area contributed by atoms with Crippen molar-refractivity contribution < 1.29 is 14.2 Å². The molecule has 19 heavy (non-hydrogen) atoms. The average molecular weight is 270 g/mol. The second kappa shape index (κ2) is 7.71. The van der Waals surface area contributed by atoms with Gasteiger partial charge in [-0.25, -0.2) is 0 Å². The number of hydrogen-bond acceptors (Lipinski definition) is 3. The summed E-state index contributed by atoms with van der Waals surface area (Å²) in [5.74, 6) is 1.37. The summed E-state index contributed by atoms with van der Waals surface area (Å²) in [5, 5.41) is 0. The highest BCUT2D eigenvalue weighted by Crippen LogP contribution is 2.14. The Morgan fingerprint density at radius 1 is 0.737 bits per heavy atom. The van der Waals surface area contributed by atoms with Crippen LogP contribution in [0.15, 0.2) is 24.7 Å². The van der Waals surface area contributed by atoms with E-state index >= 15 is 0 Å². The zero-order chi connectivity index (χ0) is 15.1. The molecule has 0 rings (SSSR count). The lowest BCUT2D eigenvalue weighted by Crippen LogP contribution is -2.20. The van der Waals surface area contributed by atoms with Crippen LogP contribution in [-0.4, -0.2) is 24.4 Å². The van der Waals surface area contributed by atoms with Crippen LogP contribution in [-0.2, 0) is 14.2 Å². The molecule has 0 atom stereocenters. The van der Waals surface area contributed by atoms with Crippen molar-refractivity contribution in [2.24, 2.45) is 0 Å². The molecule has 0 bridgehead atoms. The van der Waals surface area contributed by atoms with Gasteiger partial charge in [-0.3, -0.25) is 0 Å². The first-order chi connectivity index (χ1) is 8.49. The Labute approximate surface area is 118 Å². The second-order valence-electron chi connectivity index (χ2n) is 6.60. The zero-order valence-electron chi connectivity index (χ0n) is 13.5. The molecule has 0 fully saturated rings. The minimum Gasteiger partial charge on any atom is -0.467 e. The van der Waals surface area contributed by atoms with Crippen LogP contribution in [0.3, 0.4) is 0 Å². The van der Waals surface area contributed by atoms with E-state index in [4.69, 9.17) is 14.2 Å². The lowest BCUT2D eigenvalue weighted by atomic mass is 10.2. The molecule has 0 aliphatic carbocycles. The van der Waals surface area contributed by atoms with Gasteiger partial charge in [0, 0.05) is 12.8 Å². The number of hydrogen-bond donors (Lipinski definition) is 0. The van der Waals surface area contributed by atoms with Gasteiger partial charge in [0.15, 0.2) is 0 Å². The van der Waals surface area contributed by atoms with E-state index in [1.165, 1.54) is 0 Å². The van der Waals surface area contributed by atoms with E-state index in [2.05, 4.69) is 13.2 Å². The molecular weight excluding hydrogens is 240 g/mol. The van der Waals surface area contributed by atoms with Gasteiger partial charge in [0.2, 0.25) is 0 Å². The Morgan fingerprint density at radius 2 is 1.05 bits per heavy atom. The summed E-state index contributed by atoms with van der Waals surface area (Å²) in [7, 11) is 0. The first-order valence-electron chi connectivity index (χ1n) is 6.81. The summed E-state index contributed by atoms with van der Waals surface area (Å²) in [6.07, 6.45) is 1.35. The van der Waals surface area contributed by atoms with Crippen molar-refractivity contribution in [1.29, 1.82) is 0 Å². The molecule has 0 amide bonds. The van der Waals surface area contributed by atoms with Gasteiger partial charge in [-0.1, -0.05) is 13.2 Å². The summed E-state index contributed by atoms with van der Waals surface area (Å²) >= 11 is 0. The molecule has 0 spiro atoms. The van der Waals surface area contributed by atoms with Crippen molar-refractivity contribution in [2.45, 2.75) is 65.6 Å². The monoisotopic (exact) mass is 270 g/mol. The van der Waals surface area contributed by atoms with Crippen molar-refractivity contribution >= 4 is 0 Å². The van der Waals surface area contributed by atoms with Crippen LogP contribution in [0.5, 0.6) is 0 Å². The lowest BCUT2D eigenvalue weighted by molar-refractivity contribution is -0.00833. The van der Waals surface area contributed by atoms with Crippen LogP contribution in [0, 0.1) is 0 Å². The second-order valence-corrected chi connectivity index (χ2v) is 6.60. The van der Waals surface area contributed by atoms with Crippen LogP contribution >= 0.6 is 0 Å². The molecule has 0 aromatic carbocycles. The first-order valence-corrected chi connectivity index (χ1v) is 6.81. The summed E-state index contributed by atoms with van der Waals surface area (Å²) in [6.45, 7) is 21.1. The van der Waals surface area contributed by atoms with E-state index in [0.29, 0.717) is 37.6 Å². The maximum Gasteiger partial charge on any atom is 0.0987 e. The van der Waals surface area contributed by atoms with Crippen LogP contribution < -0.4 is 0 Å². The van der Waals surface area contributed by atoms with Gasteiger partial charge in [-0.2, -0.15) is 0 Å². The molecule has 0 unspecified atom stereocenters. The molecule has 0 aliphatic rings. The molecular formula is C16H30O3. The standard InChI is InChI=1S/C16H30O3/c1-13(9-11-17-15(3,4)5)19-14(2)10-12-18-16(6,7)8/h1-2,9-12H2,3-8H3. The van der Waals surface area contributed by atoms with Gasteiger partial charge < -0.3 is 14.2 Å². The molecule has 0 aliphatic heterocycles. The van der Waals surface area contributed by atoms with Gasteiger partial charge in [-0.05, 0) is 41.5 Å². The van der Waals surface area contributed by atoms with Gasteiger partial charge in [0.05, 0.1) is 35.9 Å². The molecule has 0 saturated heterocycles. The Hall–Kier alpha value is -0.800. The topological polar surface area (TPSA) is 27.7 Å². The Balaban J connectivity index is 3.73. The fraction of sp³-hybridized carbons (Fsp3) is 0.750. The predicted molar refractivity (Wildman–Crippen MR) is 80.0 cm³/mol. The lowest BCUT2D eigenvalue weighted by Gasteiger charge is -2.21. The molecule has 112 valence electrons. The van der Waals surface area contributed by atoms with Crippen LogP contribution in [0.1, 0.15) is 54.4 Å². The molecule has 0 heterocycles. The Morgan fingerprint density at radius 3 is 1.32 bits per heavy atom. The third-order valence-electron chi connectivity index (χ3n) is 2.12. The highest BCUT2D eigenvalue weighted by molar-refractivity contribution is 4.93. The van der Waals surface area contributed by atoms with Crippen molar-refractivity contribution in [2.75, 3.05) is 13.2 Å². The van der Waals surface area contributed by atoms with Crippen molar-refractivity contribution in [3.63, 3.8) is 0 Å². The maximum absolute atomic E-state index is 5.61. The Kier molecular flexibility index (Phi) is 7.38. The minimum atomic E-state index is -0.127. The van der Waals surface area contributed by atoms with Crippen LogP contribution in [0.25, 0.3) is 0 Å². The van der Waals surface area contributed by atoms with E-state index in [-0.39, 0.29) is 11.2 Å². The predicted octanol–water partition coefficient (Wildman–Crippen LogP) is 4.44. The molecule has 3 nitrogen and oxygen atoms in total. The Bertz CT molecular complexity index is 262. The minimum absolute atomic E-state index is 0.127. The van der Waals surface area contributed by atoms with E-state index in [1.807, 2.05) is 41.5 Å². The fourth-order valence-electron chi connectivity index (χ4n) is 1.25.